The number of rotatable bonds is 9. The molecule has 0 N–H and O–H groups in total. The molecule has 0 bridgehead atoms. The fourth-order valence-electron chi connectivity index (χ4n) is 3.86. The molecule has 1 amide bonds. The number of benzene rings is 2. The van der Waals surface area contributed by atoms with E-state index in [1.165, 1.54) is 11.1 Å². The van der Waals surface area contributed by atoms with Gasteiger partial charge in [0.05, 0.1) is 24.2 Å². The maximum absolute atomic E-state index is 12.8. The number of carbonyl (C=O) groups excluding carboxylic acids is 1. The molecule has 0 saturated heterocycles. The average molecular weight is 443 g/mol. The molecule has 2 heterocycles. The standard InChI is InChI=1S/C27H30N4O2/c1-20-10-11-23(18-21(20)2)33-17-7-6-16-31-25-9-5-4-8-24(25)29-26(31)19-30(3)27(32)22-12-14-28-15-13-22/h4-5,8-15,18H,6-7,16-17,19H2,1-3H3. The van der Waals surface area contributed by atoms with Crippen LogP contribution in [0.5, 0.6) is 5.75 Å². The summed E-state index contributed by atoms with van der Waals surface area (Å²) in [6, 6.07) is 17.8. The number of unbranched alkanes of at least 4 members (excludes halogenated alkanes) is 1. The Bertz CT molecular complexity index is 1230. The van der Waals surface area contributed by atoms with Gasteiger partial charge in [-0.05, 0) is 74.2 Å². The molecule has 4 rings (SSSR count). The molecule has 2 aromatic heterocycles. The van der Waals surface area contributed by atoms with Crippen molar-refractivity contribution in [1.82, 2.24) is 19.4 Å². The van der Waals surface area contributed by atoms with Gasteiger partial charge in [0.25, 0.3) is 5.91 Å². The first kappa shape index (κ1) is 22.5. The van der Waals surface area contributed by atoms with E-state index in [1.807, 2.05) is 31.3 Å². The largest absolute Gasteiger partial charge is 0.494 e. The van der Waals surface area contributed by atoms with Crippen LogP contribution in [-0.2, 0) is 13.1 Å². The van der Waals surface area contributed by atoms with Gasteiger partial charge in [0.2, 0.25) is 0 Å². The SMILES string of the molecule is Cc1ccc(OCCCCn2c(CN(C)C(=O)c3ccncc3)nc3ccccc32)cc1C. The second-order valence-corrected chi connectivity index (χ2v) is 8.37. The van der Waals surface area contributed by atoms with Crippen molar-refractivity contribution in [1.29, 1.82) is 0 Å². The molecule has 6 nitrogen and oxygen atoms in total. The molecular formula is C27H30N4O2. The Morgan fingerprint density at radius 2 is 1.79 bits per heavy atom. The molecule has 0 unspecified atom stereocenters. The third kappa shape index (κ3) is 5.40. The van der Waals surface area contributed by atoms with Gasteiger partial charge in [-0.3, -0.25) is 9.78 Å². The van der Waals surface area contributed by atoms with Gasteiger partial charge in [0.1, 0.15) is 11.6 Å². The molecule has 33 heavy (non-hydrogen) atoms. The van der Waals surface area contributed by atoms with Crippen molar-refractivity contribution in [2.45, 2.75) is 39.8 Å². The minimum Gasteiger partial charge on any atom is -0.494 e. The maximum Gasteiger partial charge on any atom is 0.254 e. The molecule has 0 radical (unpaired) electrons. The minimum atomic E-state index is -0.0437. The number of pyridine rings is 1. The number of fused-ring (bicyclic) bond motifs is 1. The first-order valence-electron chi connectivity index (χ1n) is 11.3. The summed E-state index contributed by atoms with van der Waals surface area (Å²) >= 11 is 0. The zero-order valence-corrected chi connectivity index (χ0v) is 19.5. The van der Waals surface area contributed by atoms with Gasteiger partial charge in [-0.1, -0.05) is 18.2 Å². The molecule has 0 aliphatic heterocycles. The van der Waals surface area contributed by atoms with Crippen molar-refractivity contribution in [2.75, 3.05) is 13.7 Å². The van der Waals surface area contributed by atoms with Crippen molar-refractivity contribution in [3.63, 3.8) is 0 Å². The van der Waals surface area contributed by atoms with Crippen molar-refractivity contribution >= 4 is 16.9 Å². The lowest BCUT2D eigenvalue weighted by molar-refractivity contribution is 0.0780. The number of carbonyl (C=O) groups is 1. The molecule has 4 aromatic rings. The number of nitrogens with zero attached hydrogens (tertiary/aromatic N) is 4. The highest BCUT2D eigenvalue weighted by Crippen LogP contribution is 2.20. The number of hydrogen-bond acceptors (Lipinski definition) is 4. The summed E-state index contributed by atoms with van der Waals surface area (Å²) < 4.78 is 8.17. The summed E-state index contributed by atoms with van der Waals surface area (Å²) in [7, 11) is 1.81. The van der Waals surface area contributed by atoms with Crippen LogP contribution in [0, 0.1) is 13.8 Å². The first-order valence-corrected chi connectivity index (χ1v) is 11.3. The van der Waals surface area contributed by atoms with Gasteiger partial charge in [0, 0.05) is 31.5 Å². The summed E-state index contributed by atoms with van der Waals surface area (Å²) in [5, 5.41) is 0. The number of imidazole rings is 1. The van der Waals surface area contributed by atoms with E-state index in [2.05, 4.69) is 41.6 Å². The van der Waals surface area contributed by atoms with E-state index in [0.717, 1.165) is 42.0 Å². The number of aryl methyl sites for hydroxylation is 3. The Balaban J connectivity index is 1.40. The minimum absolute atomic E-state index is 0.0437. The molecule has 0 fully saturated rings. The highest BCUT2D eigenvalue weighted by molar-refractivity contribution is 5.93. The van der Waals surface area contributed by atoms with Gasteiger partial charge >= 0.3 is 0 Å². The monoisotopic (exact) mass is 442 g/mol. The van der Waals surface area contributed by atoms with E-state index in [-0.39, 0.29) is 5.91 Å². The van der Waals surface area contributed by atoms with Crippen LogP contribution in [0.4, 0.5) is 0 Å². The topological polar surface area (TPSA) is 60.2 Å². The third-order valence-corrected chi connectivity index (χ3v) is 5.91. The van der Waals surface area contributed by atoms with Crippen LogP contribution in [0.15, 0.2) is 67.0 Å². The second-order valence-electron chi connectivity index (χ2n) is 8.37. The van der Waals surface area contributed by atoms with E-state index in [1.54, 1.807) is 29.4 Å². The third-order valence-electron chi connectivity index (χ3n) is 5.91. The summed E-state index contributed by atoms with van der Waals surface area (Å²) in [6.45, 7) is 6.14. The number of aromatic nitrogens is 3. The molecule has 2 aromatic carbocycles. The van der Waals surface area contributed by atoms with Crippen LogP contribution in [0.3, 0.4) is 0 Å². The molecule has 0 aliphatic carbocycles. The molecular weight excluding hydrogens is 412 g/mol. The fraction of sp³-hybridized carbons (Fsp3) is 0.296. The van der Waals surface area contributed by atoms with E-state index in [9.17, 15) is 4.79 Å². The molecule has 0 atom stereocenters. The Kier molecular flexibility index (Phi) is 7.03. The average Bonchev–Trinajstić information content (AvgIpc) is 3.18. The van der Waals surface area contributed by atoms with E-state index < -0.39 is 0 Å². The van der Waals surface area contributed by atoms with Crippen LogP contribution < -0.4 is 4.74 Å². The summed E-state index contributed by atoms with van der Waals surface area (Å²) in [5.41, 5.74) is 5.18. The lowest BCUT2D eigenvalue weighted by atomic mass is 10.1. The second kappa shape index (κ2) is 10.3. The number of amides is 1. The zero-order chi connectivity index (χ0) is 23.2. The van der Waals surface area contributed by atoms with Crippen molar-refractivity contribution in [3.8, 4) is 5.75 Å². The lowest BCUT2D eigenvalue weighted by Crippen LogP contribution is -2.27. The first-order chi connectivity index (χ1) is 16.0. The van der Waals surface area contributed by atoms with Crippen molar-refractivity contribution in [2.24, 2.45) is 0 Å². The Morgan fingerprint density at radius 1 is 1.00 bits per heavy atom. The molecule has 170 valence electrons. The smallest absolute Gasteiger partial charge is 0.254 e. The van der Waals surface area contributed by atoms with Crippen LogP contribution in [0.2, 0.25) is 0 Å². The van der Waals surface area contributed by atoms with Crippen molar-refractivity contribution < 1.29 is 9.53 Å². The Hall–Kier alpha value is -3.67. The predicted octanol–water partition coefficient (Wildman–Crippen LogP) is 5.18. The summed E-state index contributed by atoms with van der Waals surface area (Å²) in [4.78, 5) is 23.3. The normalized spacial score (nSPS) is 11.0. The number of hydrogen-bond donors (Lipinski definition) is 0. The Labute approximate surface area is 194 Å². The molecule has 0 saturated carbocycles. The van der Waals surface area contributed by atoms with Crippen LogP contribution in [0.25, 0.3) is 11.0 Å². The molecule has 0 aliphatic rings. The zero-order valence-electron chi connectivity index (χ0n) is 19.5. The van der Waals surface area contributed by atoms with E-state index in [0.29, 0.717) is 18.7 Å². The van der Waals surface area contributed by atoms with Gasteiger partial charge in [0.15, 0.2) is 0 Å². The van der Waals surface area contributed by atoms with Gasteiger partial charge in [-0.25, -0.2) is 4.98 Å². The number of para-hydroxylation sites is 2. The quantitative estimate of drug-likeness (QED) is 0.335. The van der Waals surface area contributed by atoms with E-state index in [4.69, 9.17) is 9.72 Å². The highest BCUT2D eigenvalue weighted by atomic mass is 16.5. The van der Waals surface area contributed by atoms with Gasteiger partial charge in [-0.2, -0.15) is 0 Å². The van der Waals surface area contributed by atoms with Crippen LogP contribution in [-0.4, -0.2) is 39.0 Å². The number of ether oxygens (including phenoxy) is 1. The highest BCUT2D eigenvalue weighted by Gasteiger charge is 2.17. The maximum atomic E-state index is 12.8. The molecule has 0 spiro atoms. The predicted molar refractivity (Wildman–Crippen MR) is 130 cm³/mol. The van der Waals surface area contributed by atoms with Gasteiger partial charge in [-0.15, -0.1) is 0 Å². The van der Waals surface area contributed by atoms with Crippen molar-refractivity contribution in [3.05, 3.63) is 89.5 Å². The van der Waals surface area contributed by atoms with Gasteiger partial charge < -0.3 is 14.2 Å². The summed E-state index contributed by atoms with van der Waals surface area (Å²) in [5.74, 6) is 1.76. The molecule has 6 heteroatoms. The van der Waals surface area contributed by atoms with Crippen LogP contribution in [0.1, 0.15) is 40.2 Å². The fourth-order valence-corrected chi connectivity index (χ4v) is 3.86. The Morgan fingerprint density at radius 3 is 2.58 bits per heavy atom. The van der Waals surface area contributed by atoms with E-state index >= 15 is 0 Å². The summed E-state index contributed by atoms with van der Waals surface area (Å²) in [6.07, 6.45) is 5.16. The van der Waals surface area contributed by atoms with Crippen LogP contribution >= 0.6 is 0 Å². The lowest BCUT2D eigenvalue weighted by Gasteiger charge is -2.18.